The molecule has 1 aromatic rings. The first-order valence-corrected chi connectivity index (χ1v) is 8.26. The molecule has 2 atom stereocenters. The van der Waals surface area contributed by atoms with Crippen molar-refractivity contribution in [3.63, 3.8) is 0 Å². The van der Waals surface area contributed by atoms with Gasteiger partial charge in [-0.2, -0.15) is 0 Å². The fraction of sp³-hybridized carbons (Fsp3) is 0.688. The highest BCUT2D eigenvalue weighted by molar-refractivity contribution is 5.79. The van der Waals surface area contributed by atoms with Gasteiger partial charge in [0, 0.05) is 52.4 Å². The number of nitrogens with one attached hydrogen (secondary N) is 2. The molecule has 3 aliphatic heterocycles. The van der Waals surface area contributed by atoms with Crippen molar-refractivity contribution in [2.75, 3.05) is 52.9 Å². The van der Waals surface area contributed by atoms with Gasteiger partial charge in [-0.1, -0.05) is 0 Å². The van der Waals surface area contributed by atoms with Crippen LogP contribution in [0.25, 0.3) is 0 Å². The van der Waals surface area contributed by atoms with Gasteiger partial charge in [0.1, 0.15) is 11.4 Å². The van der Waals surface area contributed by atoms with Crippen LogP contribution in [0.4, 0.5) is 0 Å². The van der Waals surface area contributed by atoms with Crippen LogP contribution in [0.15, 0.2) is 27.8 Å². The number of guanidine groups is 1. The maximum absolute atomic E-state index is 10.5. The maximum atomic E-state index is 10.5. The van der Waals surface area contributed by atoms with Gasteiger partial charge in [-0.05, 0) is 19.1 Å². The number of fused-ring (bicyclic) bond motifs is 3. The van der Waals surface area contributed by atoms with Crippen LogP contribution in [0.5, 0.6) is 0 Å². The SMILES string of the molecule is CN=C(NCC1CN2CCN1CC2)NCC(C)(O)c1ccco1. The summed E-state index contributed by atoms with van der Waals surface area (Å²) in [7, 11) is 1.74. The number of furan rings is 1. The summed E-state index contributed by atoms with van der Waals surface area (Å²) in [5.41, 5.74) is -1.07. The predicted octanol–water partition coefficient (Wildman–Crippen LogP) is -0.348. The number of aliphatic imine (C=N–C) groups is 1. The monoisotopic (exact) mass is 321 g/mol. The average molecular weight is 321 g/mol. The van der Waals surface area contributed by atoms with Gasteiger partial charge in [0.05, 0.1) is 12.8 Å². The summed E-state index contributed by atoms with van der Waals surface area (Å²) in [4.78, 5) is 9.30. The molecule has 4 heterocycles. The molecular weight excluding hydrogens is 294 g/mol. The zero-order chi connectivity index (χ0) is 16.3. The molecule has 23 heavy (non-hydrogen) atoms. The second-order valence-electron chi connectivity index (χ2n) is 6.55. The lowest BCUT2D eigenvalue weighted by Crippen LogP contribution is -2.64. The minimum atomic E-state index is -1.07. The Morgan fingerprint density at radius 2 is 2.17 bits per heavy atom. The van der Waals surface area contributed by atoms with Crippen molar-refractivity contribution in [1.29, 1.82) is 0 Å². The number of aliphatic hydroxyl groups is 1. The molecule has 0 saturated carbocycles. The smallest absolute Gasteiger partial charge is 0.191 e. The lowest BCUT2D eigenvalue weighted by molar-refractivity contribution is 0.0152. The van der Waals surface area contributed by atoms with Crippen LogP contribution < -0.4 is 10.6 Å². The Labute approximate surface area is 137 Å². The van der Waals surface area contributed by atoms with Crippen molar-refractivity contribution in [2.24, 2.45) is 4.99 Å². The van der Waals surface area contributed by atoms with E-state index >= 15 is 0 Å². The van der Waals surface area contributed by atoms with Crippen LogP contribution in [0, 0.1) is 0 Å². The van der Waals surface area contributed by atoms with Gasteiger partial charge in [0.2, 0.25) is 0 Å². The molecule has 3 aliphatic rings. The molecule has 0 aliphatic carbocycles. The normalized spacial score (nSPS) is 30.0. The molecule has 3 fully saturated rings. The second kappa shape index (κ2) is 6.90. The zero-order valence-electron chi connectivity index (χ0n) is 14.0. The molecule has 0 radical (unpaired) electrons. The molecule has 2 bridgehead atoms. The Morgan fingerprint density at radius 1 is 1.39 bits per heavy atom. The van der Waals surface area contributed by atoms with Crippen LogP contribution >= 0.6 is 0 Å². The molecule has 4 rings (SSSR count). The van der Waals surface area contributed by atoms with E-state index in [1.807, 2.05) is 0 Å². The first-order chi connectivity index (χ1) is 11.1. The second-order valence-corrected chi connectivity index (χ2v) is 6.55. The average Bonchev–Trinajstić information content (AvgIpc) is 3.11. The number of piperazine rings is 3. The van der Waals surface area contributed by atoms with E-state index in [2.05, 4.69) is 25.4 Å². The Bertz CT molecular complexity index is 521. The molecule has 0 aromatic carbocycles. The van der Waals surface area contributed by atoms with E-state index in [0.29, 0.717) is 24.3 Å². The van der Waals surface area contributed by atoms with Crippen molar-refractivity contribution < 1.29 is 9.52 Å². The van der Waals surface area contributed by atoms with E-state index in [9.17, 15) is 5.11 Å². The van der Waals surface area contributed by atoms with Crippen LogP contribution in [0.3, 0.4) is 0 Å². The largest absolute Gasteiger partial charge is 0.466 e. The van der Waals surface area contributed by atoms with Crippen LogP contribution in [-0.2, 0) is 5.60 Å². The number of hydrogen-bond donors (Lipinski definition) is 3. The van der Waals surface area contributed by atoms with E-state index in [1.165, 1.54) is 13.1 Å². The molecular formula is C16H27N5O2. The minimum absolute atomic E-state index is 0.334. The molecule has 7 heteroatoms. The summed E-state index contributed by atoms with van der Waals surface area (Å²) in [6, 6.07) is 4.08. The first-order valence-electron chi connectivity index (χ1n) is 8.26. The summed E-state index contributed by atoms with van der Waals surface area (Å²) in [5, 5.41) is 17.0. The highest BCUT2D eigenvalue weighted by Crippen LogP contribution is 2.19. The fourth-order valence-corrected chi connectivity index (χ4v) is 3.28. The molecule has 3 saturated heterocycles. The third-order valence-corrected chi connectivity index (χ3v) is 4.77. The van der Waals surface area contributed by atoms with E-state index in [1.54, 1.807) is 32.4 Å². The number of hydrogen-bond acceptors (Lipinski definition) is 5. The molecule has 1 aromatic heterocycles. The van der Waals surface area contributed by atoms with Gasteiger partial charge < -0.3 is 20.2 Å². The zero-order valence-corrected chi connectivity index (χ0v) is 14.0. The van der Waals surface area contributed by atoms with Crippen LogP contribution in [0.1, 0.15) is 12.7 Å². The fourth-order valence-electron chi connectivity index (χ4n) is 3.28. The van der Waals surface area contributed by atoms with E-state index in [4.69, 9.17) is 4.42 Å². The third-order valence-electron chi connectivity index (χ3n) is 4.77. The maximum Gasteiger partial charge on any atom is 0.191 e. The summed E-state index contributed by atoms with van der Waals surface area (Å²) < 4.78 is 5.29. The van der Waals surface area contributed by atoms with Gasteiger partial charge >= 0.3 is 0 Å². The standard InChI is InChI=1S/C16H27N5O2/c1-16(22,14-4-3-9-23-14)12-19-15(17-2)18-10-13-11-20-5-7-21(13)8-6-20/h3-4,9,13,22H,5-8,10-12H2,1-2H3,(H2,17,18,19). The van der Waals surface area contributed by atoms with Crippen LogP contribution in [-0.4, -0.2) is 79.8 Å². The van der Waals surface area contributed by atoms with E-state index in [-0.39, 0.29) is 0 Å². The molecule has 3 N–H and O–H groups in total. The van der Waals surface area contributed by atoms with Crippen molar-refractivity contribution in [3.8, 4) is 0 Å². The van der Waals surface area contributed by atoms with E-state index < -0.39 is 5.60 Å². The molecule has 2 unspecified atom stereocenters. The Morgan fingerprint density at radius 3 is 2.74 bits per heavy atom. The highest BCUT2D eigenvalue weighted by atomic mass is 16.4. The van der Waals surface area contributed by atoms with Crippen molar-refractivity contribution in [1.82, 2.24) is 20.4 Å². The first kappa shape index (κ1) is 16.3. The van der Waals surface area contributed by atoms with Gasteiger partial charge in [-0.25, -0.2) is 0 Å². The number of nitrogens with zero attached hydrogens (tertiary/aromatic N) is 3. The van der Waals surface area contributed by atoms with E-state index in [0.717, 1.165) is 26.2 Å². The molecule has 128 valence electrons. The minimum Gasteiger partial charge on any atom is -0.466 e. The van der Waals surface area contributed by atoms with Gasteiger partial charge in [0.25, 0.3) is 0 Å². The van der Waals surface area contributed by atoms with Gasteiger partial charge in [-0.3, -0.25) is 14.8 Å². The Balaban J connectivity index is 1.47. The Hall–Kier alpha value is -1.57. The lowest BCUT2D eigenvalue weighted by Gasteiger charge is -2.47. The lowest BCUT2D eigenvalue weighted by atomic mass is 10.0. The predicted molar refractivity (Wildman–Crippen MR) is 89.4 cm³/mol. The summed E-state index contributed by atoms with van der Waals surface area (Å²) in [6.45, 7) is 8.74. The number of rotatable bonds is 5. The quantitative estimate of drug-likeness (QED) is 0.508. The van der Waals surface area contributed by atoms with Gasteiger partial charge in [-0.15, -0.1) is 0 Å². The van der Waals surface area contributed by atoms with Gasteiger partial charge in [0.15, 0.2) is 5.96 Å². The molecule has 0 amide bonds. The molecule has 0 spiro atoms. The van der Waals surface area contributed by atoms with Crippen molar-refractivity contribution in [2.45, 2.75) is 18.6 Å². The molecule has 7 nitrogen and oxygen atoms in total. The topological polar surface area (TPSA) is 76.3 Å². The Kier molecular flexibility index (Phi) is 4.89. The summed E-state index contributed by atoms with van der Waals surface area (Å²) in [5.74, 6) is 1.25. The third kappa shape index (κ3) is 3.85. The van der Waals surface area contributed by atoms with Crippen molar-refractivity contribution >= 4 is 5.96 Å². The van der Waals surface area contributed by atoms with Crippen molar-refractivity contribution in [3.05, 3.63) is 24.2 Å². The summed E-state index contributed by atoms with van der Waals surface area (Å²) in [6.07, 6.45) is 1.57. The van der Waals surface area contributed by atoms with Crippen LogP contribution in [0.2, 0.25) is 0 Å². The summed E-state index contributed by atoms with van der Waals surface area (Å²) >= 11 is 0. The highest BCUT2D eigenvalue weighted by Gasteiger charge is 2.32.